The Kier molecular flexibility index (Phi) is 4.40. The van der Waals surface area contributed by atoms with Gasteiger partial charge in [-0.1, -0.05) is 26.0 Å². The second-order valence-electron chi connectivity index (χ2n) is 5.19. The molecule has 0 spiro atoms. The van der Waals surface area contributed by atoms with Crippen molar-refractivity contribution < 1.29 is 14.2 Å². The first-order valence-corrected chi connectivity index (χ1v) is 6.72. The van der Waals surface area contributed by atoms with E-state index in [2.05, 4.69) is 13.8 Å². The zero-order valence-electron chi connectivity index (χ0n) is 11.9. The maximum absolute atomic E-state index is 13.2. The van der Waals surface area contributed by atoms with Gasteiger partial charge in [0, 0.05) is 5.56 Å². The van der Waals surface area contributed by atoms with Crippen molar-refractivity contribution in [2.24, 2.45) is 0 Å². The molecule has 0 aliphatic carbocycles. The molecule has 0 amide bonds. The van der Waals surface area contributed by atoms with Gasteiger partial charge in [0.25, 0.3) is 0 Å². The van der Waals surface area contributed by atoms with Gasteiger partial charge >= 0.3 is 0 Å². The molecule has 0 saturated heterocycles. The van der Waals surface area contributed by atoms with Gasteiger partial charge in [-0.05, 0) is 48.7 Å². The lowest BCUT2D eigenvalue weighted by Crippen LogP contribution is -1.97. The Labute approximate surface area is 118 Å². The smallest absolute Gasteiger partial charge is 0.133 e. The van der Waals surface area contributed by atoms with E-state index >= 15 is 0 Å². The Hall–Kier alpha value is -1.87. The summed E-state index contributed by atoms with van der Waals surface area (Å²) in [7, 11) is 0. The number of hydrogen-bond donors (Lipinski definition) is 1. The minimum atomic E-state index is -0.783. The molecule has 20 heavy (non-hydrogen) atoms. The lowest BCUT2D eigenvalue weighted by atomic mass is 10.0. The summed E-state index contributed by atoms with van der Waals surface area (Å²) in [5, 5.41) is 9.70. The maximum Gasteiger partial charge on any atom is 0.133 e. The lowest BCUT2D eigenvalue weighted by Gasteiger charge is -2.14. The summed E-state index contributed by atoms with van der Waals surface area (Å²) in [5.74, 6) is 1.18. The summed E-state index contributed by atoms with van der Waals surface area (Å²) >= 11 is 0. The molecule has 2 rings (SSSR count). The molecule has 0 aliphatic rings. The van der Waals surface area contributed by atoms with Crippen molar-refractivity contribution in [2.75, 3.05) is 0 Å². The van der Waals surface area contributed by atoms with Crippen molar-refractivity contribution in [3.8, 4) is 11.5 Å². The molecule has 0 aliphatic heterocycles. The van der Waals surface area contributed by atoms with Crippen LogP contribution in [-0.4, -0.2) is 5.11 Å². The average molecular weight is 274 g/mol. The Morgan fingerprint density at radius 3 is 2.45 bits per heavy atom. The molecule has 0 heterocycles. The normalized spacial score (nSPS) is 12.5. The third-order valence-corrected chi connectivity index (χ3v) is 3.17. The molecule has 2 nitrogen and oxygen atoms in total. The van der Waals surface area contributed by atoms with Gasteiger partial charge in [0.2, 0.25) is 0 Å². The molecule has 0 unspecified atom stereocenters. The Morgan fingerprint density at radius 2 is 1.80 bits per heavy atom. The van der Waals surface area contributed by atoms with Crippen molar-refractivity contribution in [2.45, 2.75) is 32.8 Å². The zero-order chi connectivity index (χ0) is 14.7. The molecule has 0 bridgehead atoms. The van der Waals surface area contributed by atoms with Crippen LogP contribution in [0.5, 0.6) is 11.5 Å². The van der Waals surface area contributed by atoms with Gasteiger partial charge in [0.15, 0.2) is 0 Å². The molecule has 0 fully saturated rings. The number of ether oxygens (including phenoxy) is 1. The monoisotopic (exact) mass is 274 g/mol. The molecule has 2 aromatic rings. The van der Waals surface area contributed by atoms with Gasteiger partial charge in [0.05, 0.1) is 6.10 Å². The molecule has 106 valence electrons. The minimum Gasteiger partial charge on any atom is -0.457 e. The summed E-state index contributed by atoms with van der Waals surface area (Å²) < 4.78 is 19.0. The highest BCUT2D eigenvalue weighted by Gasteiger charge is 2.12. The molecule has 0 saturated carbocycles. The van der Waals surface area contributed by atoms with Crippen LogP contribution in [0.2, 0.25) is 0 Å². The summed E-state index contributed by atoms with van der Waals surface area (Å²) in [5.41, 5.74) is 1.61. The molecule has 1 atom stereocenters. The molecular weight excluding hydrogens is 255 g/mol. The summed E-state index contributed by atoms with van der Waals surface area (Å²) in [6, 6.07) is 11.9. The van der Waals surface area contributed by atoms with E-state index in [0.717, 1.165) is 0 Å². The van der Waals surface area contributed by atoms with Gasteiger partial charge in [-0.3, -0.25) is 0 Å². The lowest BCUT2D eigenvalue weighted by molar-refractivity contribution is 0.195. The predicted molar refractivity (Wildman–Crippen MR) is 77.6 cm³/mol. The number of aliphatic hydroxyl groups is 1. The molecular formula is C17H19FO2. The fraction of sp³-hybridized carbons (Fsp3) is 0.294. The summed E-state index contributed by atoms with van der Waals surface area (Å²) in [6.45, 7) is 5.81. The maximum atomic E-state index is 13.2. The van der Waals surface area contributed by atoms with Crippen LogP contribution in [0.4, 0.5) is 4.39 Å². The van der Waals surface area contributed by atoms with E-state index in [4.69, 9.17) is 4.74 Å². The van der Waals surface area contributed by atoms with E-state index in [0.29, 0.717) is 23.0 Å². The van der Waals surface area contributed by atoms with Crippen molar-refractivity contribution in [3.05, 3.63) is 59.4 Å². The largest absolute Gasteiger partial charge is 0.457 e. The van der Waals surface area contributed by atoms with E-state index in [1.54, 1.807) is 13.0 Å². The Balaban J connectivity index is 2.32. The second kappa shape index (κ2) is 6.06. The highest BCUT2D eigenvalue weighted by molar-refractivity contribution is 5.40. The van der Waals surface area contributed by atoms with Crippen molar-refractivity contribution in [3.63, 3.8) is 0 Å². The van der Waals surface area contributed by atoms with E-state index in [1.807, 2.05) is 24.3 Å². The molecule has 0 aromatic heterocycles. The number of rotatable bonds is 4. The fourth-order valence-electron chi connectivity index (χ4n) is 2.00. The topological polar surface area (TPSA) is 29.5 Å². The standard InChI is InChI=1S/C17H19FO2/c1-11(2)13-5-4-6-15(9-13)20-17-8-7-14(18)10-16(17)12(3)19/h4-12,19H,1-3H3/t12-/m0/s1. The Bertz CT molecular complexity index is 591. The number of hydrogen-bond acceptors (Lipinski definition) is 2. The third kappa shape index (κ3) is 3.36. The van der Waals surface area contributed by atoms with Crippen molar-refractivity contribution >= 4 is 0 Å². The summed E-state index contributed by atoms with van der Waals surface area (Å²) in [4.78, 5) is 0. The van der Waals surface area contributed by atoms with E-state index < -0.39 is 6.10 Å². The van der Waals surface area contributed by atoms with E-state index in [9.17, 15) is 9.50 Å². The van der Waals surface area contributed by atoms with Crippen LogP contribution in [0, 0.1) is 5.82 Å². The molecule has 3 heteroatoms. The van der Waals surface area contributed by atoms with Crippen LogP contribution in [0.1, 0.15) is 43.9 Å². The second-order valence-corrected chi connectivity index (χ2v) is 5.19. The van der Waals surface area contributed by atoms with Gasteiger partial charge in [-0.2, -0.15) is 0 Å². The van der Waals surface area contributed by atoms with Crippen LogP contribution in [-0.2, 0) is 0 Å². The van der Waals surface area contributed by atoms with Gasteiger partial charge < -0.3 is 9.84 Å². The average Bonchev–Trinajstić information content (AvgIpc) is 2.41. The molecule has 2 aromatic carbocycles. The van der Waals surface area contributed by atoms with Crippen molar-refractivity contribution in [1.82, 2.24) is 0 Å². The predicted octanol–water partition coefficient (Wildman–Crippen LogP) is 4.79. The zero-order valence-corrected chi connectivity index (χ0v) is 11.9. The molecule has 0 radical (unpaired) electrons. The fourth-order valence-corrected chi connectivity index (χ4v) is 2.00. The van der Waals surface area contributed by atoms with Crippen molar-refractivity contribution in [1.29, 1.82) is 0 Å². The highest BCUT2D eigenvalue weighted by Crippen LogP contribution is 2.31. The van der Waals surface area contributed by atoms with E-state index in [-0.39, 0.29) is 5.82 Å². The van der Waals surface area contributed by atoms with Crippen LogP contribution >= 0.6 is 0 Å². The number of benzene rings is 2. The minimum absolute atomic E-state index is 0.385. The highest BCUT2D eigenvalue weighted by atomic mass is 19.1. The van der Waals surface area contributed by atoms with Crippen LogP contribution < -0.4 is 4.74 Å². The molecule has 1 N–H and O–H groups in total. The van der Waals surface area contributed by atoms with Gasteiger partial charge in [-0.25, -0.2) is 4.39 Å². The Morgan fingerprint density at radius 1 is 1.05 bits per heavy atom. The summed E-state index contributed by atoms with van der Waals surface area (Å²) in [6.07, 6.45) is -0.783. The first-order chi connectivity index (χ1) is 9.47. The first-order valence-electron chi connectivity index (χ1n) is 6.72. The van der Waals surface area contributed by atoms with Gasteiger partial charge in [-0.15, -0.1) is 0 Å². The van der Waals surface area contributed by atoms with E-state index in [1.165, 1.54) is 17.7 Å². The van der Waals surface area contributed by atoms with Gasteiger partial charge in [0.1, 0.15) is 17.3 Å². The first kappa shape index (κ1) is 14.5. The number of halogens is 1. The van der Waals surface area contributed by atoms with Crippen LogP contribution in [0.3, 0.4) is 0 Å². The third-order valence-electron chi connectivity index (χ3n) is 3.17. The number of aliphatic hydroxyl groups excluding tert-OH is 1. The quantitative estimate of drug-likeness (QED) is 0.868. The SMILES string of the molecule is CC(C)c1cccc(Oc2ccc(F)cc2[C@H](C)O)c1. The van der Waals surface area contributed by atoms with Crippen LogP contribution in [0.25, 0.3) is 0 Å². The van der Waals surface area contributed by atoms with Crippen LogP contribution in [0.15, 0.2) is 42.5 Å².